The number of likely N-dealkylation sites (tertiary alicyclic amines) is 1. The number of carbonyl (C=O) groups excluding carboxylic acids is 1. The number of aliphatic carboxylic acids is 1. The highest BCUT2D eigenvalue weighted by atomic mass is 16.4. The van der Waals surface area contributed by atoms with Crippen LogP contribution < -0.4 is 0 Å². The van der Waals surface area contributed by atoms with Crippen LogP contribution >= 0.6 is 0 Å². The van der Waals surface area contributed by atoms with E-state index in [0.717, 1.165) is 38.9 Å². The molecular weight excluding hydrogens is 220 g/mol. The lowest BCUT2D eigenvalue weighted by atomic mass is 10.1. The van der Waals surface area contributed by atoms with E-state index < -0.39 is 5.97 Å². The number of carboxylic acid groups (broad SMARTS) is 1. The summed E-state index contributed by atoms with van der Waals surface area (Å²) in [5.41, 5.74) is 0. The lowest BCUT2D eigenvalue weighted by molar-refractivity contribution is -0.138. The van der Waals surface area contributed by atoms with E-state index in [1.165, 1.54) is 0 Å². The molecule has 0 aromatic heterocycles. The molecule has 1 N–H and O–H groups in total. The molecule has 0 aromatic rings. The fourth-order valence-corrected chi connectivity index (χ4v) is 2.56. The van der Waals surface area contributed by atoms with Gasteiger partial charge in [0.2, 0.25) is 5.91 Å². The van der Waals surface area contributed by atoms with E-state index >= 15 is 0 Å². The molecular formula is C12H20N2O3. The molecule has 5 heteroatoms. The van der Waals surface area contributed by atoms with Crippen molar-refractivity contribution >= 4 is 11.9 Å². The number of carbonyl (C=O) groups is 2. The Morgan fingerprint density at radius 1 is 1.35 bits per heavy atom. The van der Waals surface area contributed by atoms with E-state index in [-0.39, 0.29) is 12.5 Å². The predicted octanol–water partition coefficient (Wildman–Crippen LogP) is 0.404. The average Bonchev–Trinajstić information content (AvgIpc) is 2.97. The molecule has 5 nitrogen and oxygen atoms in total. The number of nitrogens with zero attached hydrogens (tertiary/aromatic N) is 2. The molecule has 2 aliphatic rings. The molecule has 2 rings (SSSR count). The summed E-state index contributed by atoms with van der Waals surface area (Å²) in [6.45, 7) is 4.17. The summed E-state index contributed by atoms with van der Waals surface area (Å²) < 4.78 is 0. The van der Waals surface area contributed by atoms with Gasteiger partial charge in [0, 0.05) is 32.6 Å². The molecule has 96 valence electrons. The van der Waals surface area contributed by atoms with Crippen LogP contribution in [0.5, 0.6) is 0 Å². The molecule has 1 heterocycles. The van der Waals surface area contributed by atoms with Gasteiger partial charge in [-0.05, 0) is 25.2 Å². The van der Waals surface area contributed by atoms with Crippen molar-refractivity contribution in [3.05, 3.63) is 0 Å². The minimum absolute atomic E-state index is 0.128. The van der Waals surface area contributed by atoms with Gasteiger partial charge in [0.1, 0.15) is 0 Å². The Morgan fingerprint density at radius 2 is 2.06 bits per heavy atom. The first-order chi connectivity index (χ1) is 8.06. The molecule has 1 aliphatic heterocycles. The summed E-state index contributed by atoms with van der Waals surface area (Å²) in [6, 6.07) is 0.470. The zero-order valence-corrected chi connectivity index (χ0v) is 10.3. The van der Waals surface area contributed by atoms with Crippen molar-refractivity contribution in [2.45, 2.75) is 32.2 Å². The van der Waals surface area contributed by atoms with Crippen LogP contribution in [0, 0.1) is 5.92 Å². The van der Waals surface area contributed by atoms with Crippen molar-refractivity contribution in [1.82, 2.24) is 9.80 Å². The fourth-order valence-electron chi connectivity index (χ4n) is 2.56. The van der Waals surface area contributed by atoms with Gasteiger partial charge in [-0.15, -0.1) is 0 Å². The van der Waals surface area contributed by atoms with E-state index in [4.69, 9.17) is 5.11 Å². The van der Waals surface area contributed by atoms with Gasteiger partial charge >= 0.3 is 5.97 Å². The van der Waals surface area contributed by atoms with Crippen molar-refractivity contribution < 1.29 is 14.7 Å². The fraction of sp³-hybridized carbons (Fsp3) is 0.833. The number of carboxylic acids is 1. The number of hydrogen-bond acceptors (Lipinski definition) is 3. The standard InChI is InChI=1S/C12H20N2O3/c1-9(15)13-5-4-10(6-13)7-14(8-12(16)17)11-2-3-11/h10-11H,2-8H2,1H3,(H,16,17). The van der Waals surface area contributed by atoms with Gasteiger partial charge in [0.15, 0.2) is 0 Å². The van der Waals surface area contributed by atoms with Gasteiger partial charge in [-0.2, -0.15) is 0 Å². The summed E-state index contributed by atoms with van der Waals surface area (Å²) in [5, 5.41) is 8.87. The van der Waals surface area contributed by atoms with Crippen molar-refractivity contribution in [1.29, 1.82) is 0 Å². The topological polar surface area (TPSA) is 60.9 Å². The monoisotopic (exact) mass is 240 g/mol. The molecule has 1 atom stereocenters. The SMILES string of the molecule is CC(=O)N1CCC(CN(CC(=O)O)C2CC2)C1. The van der Waals surface area contributed by atoms with Crippen molar-refractivity contribution in [2.75, 3.05) is 26.2 Å². The molecule has 1 saturated carbocycles. The predicted molar refractivity (Wildman–Crippen MR) is 62.6 cm³/mol. The molecule has 0 bridgehead atoms. The number of hydrogen-bond donors (Lipinski definition) is 1. The molecule has 1 saturated heterocycles. The normalized spacial score (nSPS) is 24.4. The molecule has 0 aromatic carbocycles. The molecule has 1 aliphatic carbocycles. The third-order valence-corrected chi connectivity index (χ3v) is 3.63. The van der Waals surface area contributed by atoms with Gasteiger partial charge in [-0.3, -0.25) is 14.5 Å². The first-order valence-electron chi connectivity index (χ1n) is 6.27. The lowest BCUT2D eigenvalue weighted by Gasteiger charge is -2.23. The van der Waals surface area contributed by atoms with Crippen LogP contribution in [0.25, 0.3) is 0 Å². The Balaban J connectivity index is 1.82. The largest absolute Gasteiger partial charge is 0.480 e. The summed E-state index contributed by atoms with van der Waals surface area (Å²) in [4.78, 5) is 25.9. The van der Waals surface area contributed by atoms with E-state index in [9.17, 15) is 9.59 Å². The van der Waals surface area contributed by atoms with Gasteiger partial charge < -0.3 is 10.0 Å². The minimum Gasteiger partial charge on any atom is -0.480 e. The second-order valence-electron chi connectivity index (χ2n) is 5.17. The molecule has 17 heavy (non-hydrogen) atoms. The van der Waals surface area contributed by atoms with Gasteiger partial charge in [-0.1, -0.05) is 0 Å². The molecule has 2 fully saturated rings. The smallest absolute Gasteiger partial charge is 0.317 e. The third kappa shape index (κ3) is 3.43. The van der Waals surface area contributed by atoms with Crippen LogP contribution in [-0.4, -0.2) is 59.0 Å². The van der Waals surface area contributed by atoms with E-state index in [1.807, 2.05) is 4.90 Å². The highest BCUT2D eigenvalue weighted by Crippen LogP contribution is 2.29. The lowest BCUT2D eigenvalue weighted by Crippen LogP contribution is -2.37. The first-order valence-corrected chi connectivity index (χ1v) is 6.27. The molecule has 0 spiro atoms. The van der Waals surface area contributed by atoms with E-state index in [0.29, 0.717) is 12.0 Å². The van der Waals surface area contributed by atoms with Crippen LogP contribution in [0.4, 0.5) is 0 Å². The highest BCUT2D eigenvalue weighted by Gasteiger charge is 2.34. The van der Waals surface area contributed by atoms with Crippen LogP contribution in [0.2, 0.25) is 0 Å². The minimum atomic E-state index is -0.752. The molecule has 1 unspecified atom stereocenters. The summed E-state index contributed by atoms with van der Waals surface area (Å²) in [5.74, 6) is -0.180. The van der Waals surface area contributed by atoms with E-state index in [2.05, 4.69) is 4.90 Å². The average molecular weight is 240 g/mol. The molecule has 1 amide bonds. The third-order valence-electron chi connectivity index (χ3n) is 3.63. The highest BCUT2D eigenvalue weighted by molar-refractivity contribution is 5.73. The maximum atomic E-state index is 11.2. The van der Waals surface area contributed by atoms with E-state index in [1.54, 1.807) is 6.92 Å². The Morgan fingerprint density at radius 3 is 2.53 bits per heavy atom. The maximum Gasteiger partial charge on any atom is 0.317 e. The van der Waals surface area contributed by atoms with Crippen LogP contribution in [0.3, 0.4) is 0 Å². The Hall–Kier alpha value is -1.10. The van der Waals surface area contributed by atoms with Crippen molar-refractivity contribution in [3.63, 3.8) is 0 Å². The van der Waals surface area contributed by atoms with Gasteiger partial charge in [-0.25, -0.2) is 0 Å². The Labute approximate surface area is 101 Å². The van der Waals surface area contributed by atoms with Crippen molar-refractivity contribution in [3.8, 4) is 0 Å². The maximum absolute atomic E-state index is 11.2. The zero-order chi connectivity index (χ0) is 12.4. The van der Waals surface area contributed by atoms with Crippen molar-refractivity contribution in [2.24, 2.45) is 5.92 Å². The van der Waals surface area contributed by atoms with Gasteiger partial charge in [0.25, 0.3) is 0 Å². The summed E-state index contributed by atoms with van der Waals surface area (Å²) >= 11 is 0. The second kappa shape index (κ2) is 5.04. The van der Waals surface area contributed by atoms with Crippen LogP contribution in [0.15, 0.2) is 0 Å². The number of amides is 1. The quantitative estimate of drug-likeness (QED) is 0.756. The summed E-state index contributed by atoms with van der Waals surface area (Å²) in [7, 11) is 0. The Bertz CT molecular complexity index is 315. The van der Waals surface area contributed by atoms with Crippen LogP contribution in [-0.2, 0) is 9.59 Å². The first kappa shape index (κ1) is 12.4. The zero-order valence-electron chi connectivity index (χ0n) is 10.3. The number of rotatable bonds is 5. The summed E-state index contributed by atoms with van der Waals surface area (Å²) in [6.07, 6.45) is 3.25. The second-order valence-corrected chi connectivity index (χ2v) is 5.17. The van der Waals surface area contributed by atoms with Crippen LogP contribution in [0.1, 0.15) is 26.2 Å². The molecule has 0 radical (unpaired) electrons. The Kier molecular flexibility index (Phi) is 3.66. The van der Waals surface area contributed by atoms with Gasteiger partial charge in [0.05, 0.1) is 6.54 Å².